The molecule has 0 aromatic heterocycles. The van der Waals surface area contributed by atoms with Gasteiger partial charge in [-0.05, 0) is 38.3 Å². The number of hydrogen-bond donors (Lipinski definition) is 5. The number of carbonyl (C=O) groups is 2. The zero-order chi connectivity index (χ0) is 23.8. The van der Waals surface area contributed by atoms with Gasteiger partial charge in [-0.25, -0.2) is 0 Å². The molecule has 1 aliphatic rings. The number of carboxylic acids is 1. The molecule has 11 heteroatoms. The molecule has 1 aliphatic carbocycles. The minimum absolute atomic E-state index is 0.0753. The molecule has 176 valence electrons. The van der Waals surface area contributed by atoms with Crippen molar-refractivity contribution >= 4 is 17.9 Å². The quantitative estimate of drug-likeness (QED) is 0.171. The number of aldehydes is 1. The number of carboxylic acid groups (broad SMARTS) is 1. The molecule has 1 atom stereocenters. The van der Waals surface area contributed by atoms with Crippen molar-refractivity contribution in [2.75, 3.05) is 13.7 Å². The Kier molecular flexibility index (Phi) is 14.6. The number of methoxy groups -OCH3 is 1. The largest absolute Gasteiger partial charge is 0.500 e. The summed E-state index contributed by atoms with van der Waals surface area (Å²) >= 11 is 0. The van der Waals surface area contributed by atoms with Crippen LogP contribution in [0.3, 0.4) is 0 Å². The molecule has 8 N–H and O–H groups in total. The van der Waals surface area contributed by atoms with Gasteiger partial charge in [0.2, 0.25) is 5.75 Å². The third-order valence-electron chi connectivity index (χ3n) is 4.57. The summed E-state index contributed by atoms with van der Waals surface area (Å²) in [5.41, 5.74) is 15.6. The molecule has 1 saturated carbocycles. The van der Waals surface area contributed by atoms with Crippen LogP contribution in [0, 0.1) is 10.1 Å². The Balaban J connectivity index is 0.000000463. The predicted octanol–water partition coefficient (Wildman–Crippen LogP) is 1.93. The van der Waals surface area contributed by atoms with Gasteiger partial charge in [0.1, 0.15) is 12.3 Å². The lowest BCUT2D eigenvalue weighted by Gasteiger charge is -2.15. The number of nitro benzene ring substituents is 1. The van der Waals surface area contributed by atoms with E-state index in [1.807, 2.05) is 0 Å². The number of nitro groups is 1. The van der Waals surface area contributed by atoms with Crippen molar-refractivity contribution in [3.05, 3.63) is 27.8 Å². The van der Waals surface area contributed by atoms with Gasteiger partial charge in [-0.15, -0.1) is 0 Å². The van der Waals surface area contributed by atoms with Crippen LogP contribution in [0.4, 0.5) is 5.69 Å². The monoisotopic (exact) mass is 442 g/mol. The summed E-state index contributed by atoms with van der Waals surface area (Å²) in [6.45, 7) is 0.604. The van der Waals surface area contributed by atoms with Gasteiger partial charge in [0, 0.05) is 17.7 Å². The van der Waals surface area contributed by atoms with E-state index in [9.17, 15) is 24.8 Å². The van der Waals surface area contributed by atoms with E-state index in [1.54, 1.807) is 0 Å². The maximum absolute atomic E-state index is 10.4. The van der Waals surface area contributed by atoms with Gasteiger partial charge in [0.05, 0.1) is 12.0 Å². The minimum Gasteiger partial charge on any atom is -0.500 e. The molecule has 0 spiro atoms. The summed E-state index contributed by atoms with van der Waals surface area (Å²) in [4.78, 5) is 30.2. The van der Waals surface area contributed by atoms with E-state index >= 15 is 0 Å². The fourth-order valence-electron chi connectivity index (χ4n) is 2.74. The zero-order valence-corrected chi connectivity index (χ0v) is 17.9. The van der Waals surface area contributed by atoms with Gasteiger partial charge >= 0.3 is 11.7 Å². The Morgan fingerprint density at radius 1 is 1.32 bits per heavy atom. The Hall–Kier alpha value is -2.76. The average Bonchev–Trinajstić information content (AvgIpc) is 2.75. The van der Waals surface area contributed by atoms with E-state index in [-0.39, 0.29) is 11.3 Å². The second-order valence-corrected chi connectivity index (χ2v) is 7.09. The van der Waals surface area contributed by atoms with Crippen LogP contribution in [0.25, 0.3) is 0 Å². The molecule has 0 heterocycles. The molecule has 0 saturated heterocycles. The number of phenols is 1. The van der Waals surface area contributed by atoms with Crippen LogP contribution in [-0.4, -0.2) is 53.1 Å². The number of carbonyl (C=O) groups excluding carboxylic acids is 1. The number of unbranched alkanes of at least 4 members (excludes halogenated alkanes) is 1. The zero-order valence-electron chi connectivity index (χ0n) is 17.9. The smallest absolute Gasteiger partial charge is 0.320 e. The third-order valence-corrected chi connectivity index (χ3v) is 4.57. The Morgan fingerprint density at radius 2 is 1.94 bits per heavy atom. The van der Waals surface area contributed by atoms with Crippen LogP contribution in [-0.2, 0) is 4.79 Å². The molecule has 0 bridgehead atoms. The molecule has 1 aromatic carbocycles. The first-order valence-corrected chi connectivity index (χ1v) is 10.1. The highest BCUT2D eigenvalue weighted by atomic mass is 16.6. The molecule has 0 amide bonds. The number of nitrogens with zero attached hydrogens (tertiary/aromatic N) is 1. The number of phenolic OH excluding ortho intramolecular Hbond substituents is 1. The Bertz CT molecular complexity index is 694. The fourth-order valence-corrected chi connectivity index (χ4v) is 2.74. The Labute approximate surface area is 181 Å². The normalized spacial score (nSPS) is 14.2. The van der Waals surface area contributed by atoms with Crippen molar-refractivity contribution in [1.29, 1.82) is 0 Å². The summed E-state index contributed by atoms with van der Waals surface area (Å²) < 4.78 is 4.66. The molecule has 11 nitrogen and oxygen atoms in total. The maximum atomic E-state index is 10.4. The van der Waals surface area contributed by atoms with Crippen molar-refractivity contribution in [3.8, 4) is 11.5 Å². The van der Waals surface area contributed by atoms with Crippen LogP contribution in [0.5, 0.6) is 11.5 Å². The average molecular weight is 443 g/mol. The molecule has 0 unspecified atom stereocenters. The summed E-state index contributed by atoms with van der Waals surface area (Å²) in [5.74, 6) is -1.61. The maximum Gasteiger partial charge on any atom is 0.320 e. The highest BCUT2D eigenvalue weighted by Gasteiger charge is 2.19. The number of aromatic hydroxyl groups is 1. The first kappa shape index (κ1) is 28.2. The first-order valence-electron chi connectivity index (χ1n) is 10.1. The summed E-state index contributed by atoms with van der Waals surface area (Å²) in [6.07, 6.45) is 9.27. The lowest BCUT2D eigenvalue weighted by atomic mass is 9.97. The summed E-state index contributed by atoms with van der Waals surface area (Å²) in [5, 5.41) is 28.1. The van der Waals surface area contributed by atoms with Crippen molar-refractivity contribution in [1.82, 2.24) is 0 Å². The Morgan fingerprint density at radius 3 is 2.32 bits per heavy atom. The summed E-state index contributed by atoms with van der Waals surface area (Å²) in [7, 11) is 1.24. The standard InChI is InChI=1S/C8H7NO5.C6H14N2O2.C6H13N/c1-14-7-3-5(4-10)2-6(8(7)11)9(12)13;7-4-2-1-3-5(8)6(9)10;7-6-4-2-1-3-5-6/h2-4,11H,1H3;5H,1-4,7-8H2,(H,9,10);6H,1-5,7H2/t;5-;/m.0./s1. The third kappa shape index (κ3) is 11.9. The van der Waals surface area contributed by atoms with Crippen LogP contribution in [0.2, 0.25) is 0 Å². The number of ether oxygens (including phenoxy) is 1. The molecule has 31 heavy (non-hydrogen) atoms. The van der Waals surface area contributed by atoms with Gasteiger partial charge in [0.15, 0.2) is 5.75 Å². The van der Waals surface area contributed by atoms with E-state index in [0.29, 0.717) is 25.3 Å². The van der Waals surface area contributed by atoms with E-state index in [2.05, 4.69) is 4.74 Å². The number of aliphatic carboxylic acids is 1. The second kappa shape index (κ2) is 16.0. The first-order chi connectivity index (χ1) is 14.7. The number of hydrogen-bond acceptors (Lipinski definition) is 9. The summed E-state index contributed by atoms with van der Waals surface area (Å²) in [6, 6.07) is 2.01. The number of nitrogens with two attached hydrogens (primary N) is 3. The molecule has 1 aromatic rings. The molecule has 0 radical (unpaired) electrons. The van der Waals surface area contributed by atoms with Gasteiger partial charge in [-0.2, -0.15) is 0 Å². The lowest BCUT2D eigenvalue weighted by molar-refractivity contribution is -0.386. The molecule has 2 rings (SSSR count). The van der Waals surface area contributed by atoms with E-state index in [0.717, 1.165) is 18.9 Å². The van der Waals surface area contributed by atoms with E-state index in [1.165, 1.54) is 45.3 Å². The SMILES string of the molecule is COc1cc(C=O)cc([N+](=O)[O-])c1O.NC1CCCCC1.NCCCC[C@H](N)C(=O)O. The van der Waals surface area contributed by atoms with Crippen LogP contribution >= 0.6 is 0 Å². The fraction of sp³-hybridized carbons (Fsp3) is 0.600. The lowest BCUT2D eigenvalue weighted by Crippen LogP contribution is -2.29. The molecule has 0 aliphatic heterocycles. The number of benzene rings is 1. The van der Waals surface area contributed by atoms with Crippen molar-refractivity contribution < 1.29 is 29.5 Å². The van der Waals surface area contributed by atoms with Gasteiger partial charge < -0.3 is 32.2 Å². The van der Waals surface area contributed by atoms with Crippen LogP contribution in [0.15, 0.2) is 12.1 Å². The predicted molar refractivity (Wildman–Crippen MR) is 116 cm³/mol. The van der Waals surface area contributed by atoms with E-state index in [4.69, 9.17) is 22.3 Å². The molecular weight excluding hydrogens is 408 g/mol. The van der Waals surface area contributed by atoms with Gasteiger partial charge in [-0.3, -0.25) is 19.7 Å². The highest BCUT2D eigenvalue weighted by Crippen LogP contribution is 2.36. The van der Waals surface area contributed by atoms with Crippen molar-refractivity contribution in [2.45, 2.75) is 63.5 Å². The molecule has 1 fully saturated rings. The number of rotatable bonds is 8. The highest BCUT2D eigenvalue weighted by molar-refractivity contribution is 5.79. The van der Waals surface area contributed by atoms with E-state index < -0.39 is 28.4 Å². The second-order valence-electron chi connectivity index (χ2n) is 7.09. The minimum atomic E-state index is -0.933. The topological polar surface area (TPSA) is 205 Å². The van der Waals surface area contributed by atoms with Gasteiger partial charge in [0.25, 0.3) is 0 Å². The van der Waals surface area contributed by atoms with Gasteiger partial charge in [-0.1, -0.05) is 25.7 Å². The van der Waals surface area contributed by atoms with Crippen molar-refractivity contribution in [2.24, 2.45) is 17.2 Å². The molecular formula is C20H34N4O7. The van der Waals surface area contributed by atoms with Crippen LogP contribution < -0.4 is 21.9 Å². The van der Waals surface area contributed by atoms with Crippen molar-refractivity contribution in [3.63, 3.8) is 0 Å². The van der Waals surface area contributed by atoms with Crippen LogP contribution in [0.1, 0.15) is 61.7 Å².